The molecule has 21 heavy (non-hydrogen) atoms. The predicted octanol–water partition coefficient (Wildman–Crippen LogP) is 2.67. The molecule has 2 heterocycles. The zero-order valence-electron chi connectivity index (χ0n) is 12.7. The van der Waals surface area contributed by atoms with Crippen LogP contribution in [0.4, 0.5) is 0 Å². The lowest BCUT2D eigenvalue weighted by atomic mass is 10.1. The van der Waals surface area contributed by atoms with E-state index in [9.17, 15) is 8.42 Å². The van der Waals surface area contributed by atoms with Gasteiger partial charge in [-0.15, -0.1) is 0 Å². The monoisotopic (exact) mass is 306 g/mol. The zero-order valence-corrected chi connectivity index (χ0v) is 13.5. The van der Waals surface area contributed by atoms with Crippen molar-refractivity contribution < 1.29 is 8.42 Å². The van der Waals surface area contributed by atoms with Gasteiger partial charge in [0.15, 0.2) is 0 Å². The zero-order chi connectivity index (χ0) is 15.0. The minimum absolute atomic E-state index is 0.267. The molecule has 0 radical (unpaired) electrons. The number of sulfonamides is 1. The lowest BCUT2D eigenvalue weighted by Crippen LogP contribution is -2.37. The first-order valence-electron chi connectivity index (χ1n) is 7.57. The summed E-state index contributed by atoms with van der Waals surface area (Å²) in [6.45, 7) is 3.14. The molecule has 1 aromatic carbocycles. The van der Waals surface area contributed by atoms with E-state index in [0.717, 1.165) is 19.3 Å². The van der Waals surface area contributed by atoms with Gasteiger partial charge in [0.1, 0.15) is 0 Å². The van der Waals surface area contributed by atoms with Crippen LogP contribution in [-0.4, -0.2) is 29.6 Å². The van der Waals surface area contributed by atoms with Crippen molar-refractivity contribution in [1.82, 2.24) is 8.87 Å². The van der Waals surface area contributed by atoms with Gasteiger partial charge in [-0.05, 0) is 18.1 Å². The third-order valence-electron chi connectivity index (χ3n) is 4.43. The standard InChI is InChI=1S/C16H22N2O2S/c1-3-4-11-21(19,20)18-10-9-16-14(12-18)13-7-5-6-8-15(13)17(16)2/h5-8H,3-4,9-12H2,1-2H3. The minimum Gasteiger partial charge on any atom is -0.347 e. The van der Waals surface area contributed by atoms with Gasteiger partial charge >= 0.3 is 0 Å². The van der Waals surface area contributed by atoms with Gasteiger partial charge in [-0.2, -0.15) is 4.31 Å². The van der Waals surface area contributed by atoms with Crippen molar-refractivity contribution in [2.24, 2.45) is 7.05 Å². The Balaban J connectivity index is 1.97. The molecular formula is C16H22N2O2S. The van der Waals surface area contributed by atoms with Gasteiger partial charge in [-0.3, -0.25) is 0 Å². The number of hydrogen-bond acceptors (Lipinski definition) is 2. The van der Waals surface area contributed by atoms with Crippen LogP contribution in [0.5, 0.6) is 0 Å². The summed E-state index contributed by atoms with van der Waals surface area (Å²) in [6, 6.07) is 8.25. The molecule has 1 aromatic heterocycles. The van der Waals surface area contributed by atoms with Gasteiger partial charge in [0.25, 0.3) is 0 Å². The fourth-order valence-electron chi connectivity index (χ4n) is 3.20. The molecule has 0 unspecified atom stereocenters. The highest BCUT2D eigenvalue weighted by Crippen LogP contribution is 2.31. The van der Waals surface area contributed by atoms with E-state index in [1.165, 1.54) is 22.2 Å². The Bertz CT molecular complexity index is 762. The van der Waals surface area contributed by atoms with E-state index < -0.39 is 10.0 Å². The minimum atomic E-state index is -3.12. The third-order valence-corrected chi connectivity index (χ3v) is 6.33. The first-order valence-corrected chi connectivity index (χ1v) is 9.18. The Hall–Kier alpha value is -1.33. The van der Waals surface area contributed by atoms with Crippen LogP contribution in [0, 0.1) is 0 Å². The van der Waals surface area contributed by atoms with Crippen LogP contribution >= 0.6 is 0 Å². The molecule has 0 spiro atoms. The van der Waals surface area contributed by atoms with Crippen LogP contribution in [0.15, 0.2) is 24.3 Å². The van der Waals surface area contributed by atoms with Crippen LogP contribution in [0.3, 0.4) is 0 Å². The molecule has 0 atom stereocenters. The number of hydrogen-bond donors (Lipinski definition) is 0. The number of para-hydroxylation sites is 1. The first kappa shape index (κ1) is 14.6. The van der Waals surface area contributed by atoms with Crippen molar-refractivity contribution in [3.8, 4) is 0 Å². The molecule has 4 nitrogen and oxygen atoms in total. The molecule has 0 saturated carbocycles. The maximum Gasteiger partial charge on any atom is 0.214 e. The molecule has 3 rings (SSSR count). The maximum absolute atomic E-state index is 12.4. The number of aryl methyl sites for hydroxylation is 1. The molecule has 0 aliphatic carbocycles. The van der Waals surface area contributed by atoms with E-state index in [0.29, 0.717) is 13.1 Å². The van der Waals surface area contributed by atoms with Gasteiger partial charge in [0.05, 0.1) is 5.75 Å². The number of benzene rings is 1. The first-order chi connectivity index (χ1) is 10.0. The normalized spacial score (nSPS) is 16.3. The van der Waals surface area contributed by atoms with Crippen molar-refractivity contribution in [2.75, 3.05) is 12.3 Å². The Morgan fingerprint density at radius 1 is 1.24 bits per heavy atom. The highest BCUT2D eigenvalue weighted by molar-refractivity contribution is 7.89. The Labute approximate surface area is 126 Å². The predicted molar refractivity (Wildman–Crippen MR) is 85.7 cm³/mol. The number of fused-ring (bicyclic) bond motifs is 3. The second-order valence-electron chi connectivity index (χ2n) is 5.75. The van der Waals surface area contributed by atoms with E-state index in [-0.39, 0.29) is 5.75 Å². The average Bonchev–Trinajstić information content (AvgIpc) is 2.79. The summed E-state index contributed by atoms with van der Waals surface area (Å²) >= 11 is 0. The number of rotatable bonds is 4. The molecule has 5 heteroatoms. The summed E-state index contributed by atoms with van der Waals surface area (Å²) in [4.78, 5) is 0. The van der Waals surface area contributed by atoms with Gasteiger partial charge in [0, 0.05) is 43.2 Å². The van der Waals surface area contributed by atoms with Crippen molar-refractivity contribution in [2.45, 2.75) is 32.7 Å². The quantitative estimate of drug-likeness (QED) is 0.871. The second kappa shape index (κ2) is 5.46. The van der Waals surface area contributed by atoms with Gasteiger partial charge in [-0.25, -0.2) is 8.42 Å². The third kappa shape index (κ3) is 2.49. The molecule has 0 fully saturated rings. The highest BCUT2D eigenvalue weighted by Gasteiger charge is 2.29. The van der Waals surface area contributed by atoms with Gasteiger partial charge < -0.3 is 4.57 Å². The van der Waals surface area contributed by atoms with E-state index >= 15 is 0 Å². The van der Waals surface area contributed by atoms with Crippen molar-refractivity contribution in [3.05, 3.63) is 35.5 Å². The summed E-state index contributed by atoms with van der Waals surface area (Å²) in [5, 5.41) is 1.19. The number of aromatic nitrogens is 1. The van der Waals surface area contributed by atoms with Gasteiger partial charge in [-0.1, -0.05) is 31.5 Å². The van der Waals surface area contributed by atoms with Crippen molar-refractivity contribution in [1.29, 1.82) is 0 Å². The molecule has 1 aliphatic rings. The van der Waals surface area contributed by atoms with Crippen LogP contribution in [0.1, 0.15) is 31.0 Å². The molecule has 0 saturated heterocycles. The maximum atomic E-state index is 12.4. The average molecular weight is 306 g/mol. The van der Waals surface area contributed by atoms with Gasteiger partial charge in [0.2, 0.25) is 10.0 Å². The SMILES string of the molecule is CCCCS(=O)(=O)N1CCc2c(c3ccccc3n2C)C1. The van der Waals surface area contributed by atoms with E-state index in [1.807, 2.05) is 19.1 Å². The molecule has 114 valence electrons. The molecular weight excluding hydrogens is 284 g/mol. The highest BCUT2D eigenvalue weighted by atomic mass is 32.2. The second-order valence-corrected chi connectivity index (χ2v) is 7.84. The van der Waals surface area contributed by atoms with Crippen LogP contribution in [-0.2, 0) is 30.0 Å². The van der Waals surface area contributed by atoms with E-state index in [2.05, 4.69) is 23.7 Å². The Kier molecular flexibility index (Phi) is 3.80. The summed E-state index contributed by atoms with van der Waals surface area (Å²) in [5.74, 6) is 0.267. The van der Waals surface area contributed by atoms with Crippen molar-refractivity contribution in [3.63, 3.8) is 0 Å². The smallest absolute Gasteiger partial charge is 0.214 e. The summed E-state index contributed by atoms with van der Waals surface area (Å²) < 4.78 is 28.7. The van der Waals surface area contributed by atoms with E-state index in [4.69, 9.17) is 0 Å². The molecule has 0 N–H and O–H groups in total. The Morgan fingerprint density at radius 3 is 2.76 bits per heavy atom. The topological polar surface area (TPSA) is 42.3 Å². The summed E-state index contributed by atoms with van der Waals surface area (Å²) in [6.07, 6.45) is 2.44. The fourth-order valence-corrected chi connectivity index (χ4v) is 4.81. The molecule has 0 bridgehead atoms. The fraction of sp³-hybridized carbons (Fsp3) is 0.500. The van der Waals surface area contributed by atoms with E-state index in [1.54, 1.807) is 4.31 Å². The van der Waals surface area contributed by atoms with Crippen LogP contribution in [0.25, 0.3) is 10.9 Å². The number of unbranched alkanes of at least 4 members (excludes halogenated alkanes) is 1. The van der Waals surface area contributed by atoms with Crippen molar-refractivity contribution >= 4 is 20.9 Å². The number of nitrogens with zero attached hydrogens (tertiary/aromatic N) is 2. The van der Waals surface area contributed by atoms with Crippen LogP contribution < -0.4 is 0 Å². The Morgan fingerprint density at radius 2 is 2.00 bits per heavy atom. The molecule has 1 aliphatic heterocycles. The lowest BCUT2D eigenvalue weighted by molar-refractivity contribution is 0.387. The lowest BCUT2D eigenvalue weighted by Gasteiger charge is -2.27. The molecule has 0 amide bonds. The summed E-state index contributed by atoms with van der Waals surface area (Å²) in [5.41, 5.74) is 3.65. The van der Waals surface area contributed by atoms with Crippen LogP contribution in [0.2, 0.25) is 0 Å². The largest absolute Gasteiger partial charge is 0.347 e. The molecule has 2 aromatic rings. The summed E-state index contributed by atoms with van der Waals surface area (Å²) in [7, 11) is -1.05.